The molecule has 0 radical (unpaired) electrons. The fourth-order valence-corrected chi connectivity index (χ4v) is 3.92. The molecule has 7 nitrogen and oxygen atoms in total. The summed E-state index contributed by atoms with van der Waals surface area (Å²) in [4.78, 5) is 12.8. The van der Waals surface area contributed by atoms with Gasteiger partial charge in [0.15, 0.2) is 12.4 Å². The van der Waals surface area contributed by atoms with E-state index in [1.807, 2.05) is 6.92 Å². The number of anilines is 1. The van der Waals surface area contributed by atoms with Gasteiger partial charge in [0.05, 0.1) is 29.2 Å². The largest absolute Gasteiger partial charge is 0.471 e. The van der Waals surface area contributed by atoms with Crippen molar-refractivity contribution in [2.45, 2.75) is 40.2 Å². The van der Waals surface area contributed by atoms with Crippen LogP contribution in [0, 0.1) is 20.8 Å². The number of amides is 1. The summed E-state index contributed by atoms with van der Waals surface area (Å²) >= 11 is 5.96. The van der Waals surface area contributed by atoms with Gasteiger partial charge in [0.2, 0.25) is 0 Å². The summed E-state index contributed by atoms with van der Waals surface area (Å²) in [6.45, 7) is 5.56. The number of rotatable bonds is 7. The summed E-state index contributed by atoms with van der Waals surface area (Å²) in [5, 5.41) is 12.1. The number of ether oxygens (including phenoxy) is 1. The van der Waals surface area contributed by atoms with Crippen molar-refractivity contribution in [1.29, 1.82) is 0 Å². The van der Waals surface area contributed by atoms with Gasteiger partial charge in [-0.05, 0) is 68.3 Å². The minimum atomic E-state index is -4.42. The van der Waals surface area contributed by atoms with Crippen molar-refractivity contribution in [3.05, 3.63) is 93.5 Å². The number of halogens is 4. The molecule has 0 spiro atoms. The number of aryl methyl sites for hydroxylation is 2. The van der Waals surface area contributed by atoms with E-state index in [2.05, 4.69) is 15.5 Å². The molecule has 0 aliphatic rings. The van der Waals surface area contributed by atoms with E-state index in [0.29, 0.717) is 33.4 Å². The molecule has 2 aromatic heterocycles. The highest BCUT2D eigenvalue weighted by atomic mass is 35.5. The van der Waals surface area contributed by atoms with E-state index in [1.54, 1.807) is 55.1 Å². The quantitative estimate of drug-likeness (QED) is 0.325. The Morgan fingerprint density at radius 3 is 2.58 bits per heavy atom. The van der Waals surface area contributed by atoms with Gasteiger partial charge in [0, 0.05) is 11.2 Å². The first kappa shape index (κ1) is 25.3. The van der Waals surface area contributed by atoms with Gasteiger partial charge in [-0.2, -0.15) is 23.4 Å². The summed E-state index contributed by atoms with van der Waals surface area (Å²) in [6, 6.07) is 11.9. The van der Waals surface area contributed by atoms with Crippen LogP contribution in [0.5, 0.6) is 5.75 Å². The molecule has 2 aromatic carbocycles. The van der Waals surface area contributed by atoms with E-state index in [-0.39, 0.29) is 19.0 Å². The van der Waals surface area contributed by atoms with Crippen molar-refractivity contribution in [2.24, 2.45) is 0 Å². The van der Waals surface area contributed by atoms with Gasteiger partial charge < -0.3 is 10.1 Å². The van der Waals surface area contributed by atoms with Crippen LogP contribution in [0.1, 0.15) is 38.6 Å². The minimum absolute atomic E-state index is 0.0999. The number of hydrogen-bond acceptors (Lipinski definition) is 4. The average molecular weight is 518 g/mol. The van der Waals surface area contributed by atoms with Crippen LogP contribution < -0.4 is 10.1 Å². The Kier molecular flexibility index (Phi) is 7.07. The Bertz CT molecular complexity index is 1410. The molecule has 0 aliphatic heterocycles. The third-order valence-corrected chi connectivity index (χ3v) is 5.80. The molecule has 11 heteroatoms. The molecule has 0 unspecified atom stereocenters. The van der Waals surface area contributed by atoms with Crippen molar-refractivity contribution in [3.8, 4) is 5.75 Å². The zero-order chi connectivity index (χ0) is 26.0. The van der Waals surface area contributed by atoms with Crippen LogP contribution in [-0.4, -0.2) is 25.5 Å². The molecule has 1 N–H and O–H groups in total. The van der Waals surface area contributed by atoms with E-state index in [0.717, 1.165) is 17.7 Å². The Morgan fingerprint density at radius 2 is 1.86 bits per heavy atom. The first-order valence-corrected chi connectivity index (χ1v) is 11.3. The second kappa shape index (κ2) is 10.1. The summed E-state index contributed by atoms with van der Waals surface area (Å²) in [7, 11) is 0. The zero-order valence-electron chi connectivity index (χ0n) is 19.7. The van der Waals surface area contributed by atoms with Crippen molar-refractivity contribution in [3.63, 3.8) is 0 Å². The standard InChI is InChI=1S/C25H23ClF3N5O2/c1-15-11-20(26)7-8-22(15)36-14-33-10-9-21(32-33)24(35)30-23-16(2)31-34(17(23)3)13-18-5-4-6-19(12-18)25(27,28)29/h4-12H,13-14H2,1-3H3,(H,30,35). The fraction of sp³-hybridized carbons (Fsp3) is 0.240. The van der Waals surface area contributed by atoms with Crippen LogP contribution in [0.2, 0.25) is 5.02 Å². The lowest BCUT2D eigenvalue weighted by Crippen LogP contribution is -2.15. The summed E-state index contributed by atoms with van der Waals surface area (Å²) in [5.41, 5.74) is 2.41. The van der Waals surface area contributed by atoms with Crippen molar-refractivity contribution >= 4 is 23.2 Å². The third kappa shape index (κ3) is 5.71. The predicted molar refractivity (Wildman–Crippen MR) is 129 cm³/mol. The normalized spacial score (nSPS) is 11.5. The average Bonchev–Trinajstić information content (AvgIpc) is 3.39. The molecule has 36 heavy (non-hydrogen) atoms. The molecular formula is C25H23ClF3N5O2. The topological polar surface area (TPSA) is 74.0 Å². The van der Waals surface area contributed by atoms with Crippen LogP contribution in [0.4, 0.5) is 18.9 Å². The molecule has 0 aliphatic carbocycles. The first-order valence-electron chi connectivity index (χ1n) is 10.9. The van der Waals surface area contributed by atoms with Crippen LogP contribution in [0.15, 0.2) is 54.7 Å². The van der Waals surface area contributed by atoms with Crippen LogP contribution >= 0.6 is 11.6 Å². The number of carbonyl (C=O) groups excluding carboxylic acids is 1. The van der Waals surface area contributed by atoms with E-state index in [9.17, 15) is 18.0 Å². The summed E-state index contributed by atoms with van der Waals surface area (Å²) in [5.74, 6) is 0.210. The third-order valence-electron chi connectivity index (χ3n) is 5.57. The molecule has 0 bridgehead atoms. The Hall–Kier alpha value is -3.79. The van der Waals surface area contributed by atoms with E-state index in [1.165, 1.54) is 10.7 Å². The lowest BCUT2D eigenvalue weighted by Gasteiger charge is -2.10. The lowest BCUT2D eigenvalue weighted by molar-refractivity contribution is -0.137. The molecule has 4 aromatic rings. The molecular weight excluding hydrogens is 495 g/mol. The first-order chi connectivity index (χ1) is 17.0. The number of hydrogen-bond donors (Lipinski definition) is 1. The Balaban J connectivity index is 1.43. The van der Waals surface area contributed by atoms with Crippen molar-refractivity contribution < 1.29 is 22.7 Å². The Labute approximate surface area is 210 Å². The van der Waals surface area contributed by atoms with Gasteiger partial charge in [0.1, 0.15) is 5.75 Å². The van der Waals surface area contributed by atoms with Crippen LogP contribution in [0.3, 0.4) is 0 Å². The monoisotopic (exact) mass is 517 g/mol. The molecule has 0 fully saturated rings. The second-order valence-electron chi connectivity index (χ2n) is 8.28. The van der Waals surface area contributed by atoms with Gasteiger partial charge in [-0.1, -0.05) is 23.7 Å². The zero-order valence-corrected chi connectivity index (χ0v) is 20.5. The van der Waals surface area contributed by atoms with E-state index in [4.69, 9.17) is 16.3 Å². The fourth-order valence-electron chi connectivity index (χ4n) is 3.69. The van der Waals surface area contributed by atoms with Gasteiger partial charge in [-0.15, -0.1) is 0 Å². The number of benzene rings is 2. The number of nitrogens with one attached hydrogen (secondary N) is 1. The highest BCUT2D eigenvalue weighted by molar-refractivity contribution is 6.30. The predicted octanol–water partition coefficient (Wildman–Crippen LogP) is 6.01. The van der Waals surface area contributed by atoms with Gasteiger partial charge >= 0.3 is 6.18 Å². The highest BCUT2D eigenvalue weighted by Gasteiger charge is 2.30. The minimum Gasteiger partial charge on any atom is -0.471 e. The molecule has 188 valence electrons. The SMILES string of the molecule is Cc1cc(Cl)ccc1OCn1ccc(C(=O)Nc2c(C)nn(Cc3cccc(C(F)(F)F)c3)c2C)n1. The van der Waals surface area contributed by atoms with Gasteiger partial charge in [0.25, 0.3) is 5.91 Å². The number of carbonyl (C=O) groups is 1. The molecule has 2 heterocycles. The maximum absolute atomic E-state index is 13.0. The van der Waals surface area contributed by atoms with E-state index >= 15 is 0 Å². The highest BCUT2D eigenvalue weighted by Crippen LogP contribution is 2.30. The number of alkyl halides is 3. The van der Waals surface area contributed by atoms with Crippen LogP contribution in [-0.2, 0) is 19.5 Å². The molecule has 0 atom stereocenters. The van der Waals surface area contributed by atoms with Crippen molar-refractivity contribution in [2.75, 3.05) is 5.32 Å². The van der Waals surface area contributed by atoms with E-state index < -0.39 is 17.6 Å². The van der Waals surface area contributed by atoms with Crippen molar-refractivity contribution in [1.82, 2.24) is 19.6 Å². The maximum atomic E-state index is 13.0. The summed E-state index contributed by atoms with van der Waals surface area (Å²) < 4.78 is 47.9. The molecule has 0 saturated heterocycles. The number of aromatic nitrogens is 4. The molecule has 0 saturated carbocycles. The molecule has 1 amide bonds. The number of nitrogens with zero attached hydrogens (tertiary/aromatic N) is 4. The lowest BCUT2D eigenvalue weighted by atomic mass is 10.1. The van der Waals surface area contributed by atoms with Gasteiger partial charge in [-0.3, -0.25) is 9.48 Å². The van der Waals surface area contributed by atoms with Crippen LogP contribution in [0.25, 0.3) is 0 Å². The van der Waals surface area contributed by atoms with Gasteiger partial charge in [-0.25, -0.2) is 4.68 Å². The maximum Gasteiger partial charge on any atom is 0.416 e. The smallest absolute Gasteiger partial charge is 0.416 e. The Morgan fingerprint density at radius 1 is 1.08 bits per heavy atom. The second-order valence-corrected chi connectivity index (χ2v) is 8.72. The summed E-state index contributed by atoms with van der Waals surface area (Å²) in [6.07, 6.45) is -2.80. The molecule has 4 rings (SSSR count).